The van der Waals surface area contributed by atoms with Crippen molar-refractivity contribution in [3.63, 3.8) is 0 Å². The Morgan fingerprint density at radius 3 is 2.56 bits per heavy atom. The maximum absolute atomic E-state index is 5.93. The largest absolute Gasteiger partial charge is 0.385 e. The molecule has 0 spiro atoms. The predicted molar refractivity (Wildman–Crippen MR) is 79.1 cm³/mol. The molecule has 1 fully saturated rings. The summed E-state index contributed by atoms with van der Waals surface area (Å²) in [7, 11) is 5.93. The molecule has 0 amide bonds. The third kappa shape index (κ3) is 4.93. The van der Waals surface area contributed by atoms with Crippen LogP contribution in [0.4, 0.5) is 0 Å². The van der Waals surface area contributed by atoms with E-state index < -0.39 is 0 Å². The molecule has 104 valence electrons. The molecule has 0 saturated carbocycles. The van der Waals surface area contributed by atoms with Gasteiger partial charge in [0.05, 0.1) is 6.61 Å². The molecule has 3 heteroatoms. The van der Waals surface area contributed by atoms with Crippen molar-refractivity contribution < 1.29 is 4.74 Å². The molecular weight excluding hydrogens is 221 g/mol. The number of ether oxygens (including phenoxy) is 1. The van der Waals surface area contributed by atoms with E-state index in [2.05, 4.69) is 25.7 Å². The van der Waals surface area contributed by atoms with Gasteiger partial charge < -0.3 is 4.74 Å². The Morgan fingerprint density at radius 1 is 1.17 bits per heavy atom. The van der Waals surface area contributed by atoms with Crippen molar-refractivity contribution in [3.05, 3.63) is 0 Å². The number of rotatable bonds is 8. The number of unbranched alkanes of at least 4 members (excludes halogenated alkanes) is 3. The van der Waals surface area contributed by atoms with Gasteiger partial charge in [0, 0.05) is 24.6 Å². The molecule has 1 heterocycles. The molecule has 0 aromatic heterocycles. The van der Waals surface area contributed by atoms with Gasteiger partial charge in [-0.1, -0.05) is 46.0 Å². The summed E-state index contributed by atoms with van der Waals surface area (Å²) in [5.74, 6) is 0. The van der Waals surface area contributed by atoms with Crippen molar-refractivity contribution in [3.8, 4) is 0 Å². The van der Waals surface area contributed by atoms with E-state index in [1.807, 2.05) is 0 Å². The minimum atomic E-state index is -0.0921. The topological polar surface area (TPSA) is 12.5 Å². The van der Waals surface area contributed by atoms with Gasteiger partial charge >= 0.3 is 0 Å². The average Bonchev–Trinajstić information content (AvgIpc) is 2.35. The van der Waals surface area contributed by atoms with E-state index in [4.69, 9.17) is 12.6 Å². The van der Waals surface area contributed by atoms with Gasteiger partial charge in [0.2, 0.25) is 0 Å². The van der Waals surface area contributed by atoms with E-state index in [0.717, 1.165) is 19.7 Å². The van der Waals surface area contributed by atoms with Crippen molar-refractivity contribution in [2.75, 3.05) is 19.7 Å². The fourth-order valence-electron chi connectivity index (χ4n) is 3.08. The summed E-state index contributed by atoms with van der Waals surface area (Å²) in [6, 6.07) is -0.0921. The van der Waals surface area contributed by atoms with Gasteiger partial charge in [-0.25, -0.2) is 0 Å². The van der Waals surface area contributed by atoms with Gasteiger partial charge in [-0.05, 0) is 19.8 Å². The minimum Gasteiger partial charge on any atom is -0.385 e. The predicted octanol–water partition coefficient (Wildman–Crippen LogP) is 3.34. The lowest BCUT2D eigenvalue weighted by Gasteiger charge is -2.45. The summed E-state index contributed by atoms with van der Waals surface area (Å²) in [5.41, 5.74) is 0.323. The van der Waals surface area contributed by atoms with E-state index in [1.165, 1.54) is 44.9 Å². The van der Waals surface area contributed by atoms with Crippen LogP contribution in [0, 0.1) is 0 Å². The van der Waals surface area contributed by atoms with Gasteiger partial charge in [-0.3, -0.25) is 4.90 Å². The highest BCUT2D eigenvalue weighted by atomic mass is 16.5. The number of hydrogen-bond acceptors (Lipinski definition) is 2. The first-order valence-corrected chi connectivity index (χ1v) is 7.74. The molecule has 2 unspecified atom stereocenters. The van der Waals surface area contributed by atoms with Crippen LogP contribution in [0.1, 0.15) is 65.7 Å². The molecule has 2 atom stereocenters. The Labute approximate surface area is 115 Å². The maximum Gasteiger partial charge on any atom is 0.110 e. The van der Waals surface area contributed by atoms with E-state index in [1.54, 1.807) is 0 Å². The Balaban J connectivity index is 2.48. The third-order valence-electron chi connectivity index (χ3n) is 4.21. The van der Waals surface area contributed by atoms with Gasteiger partial charge in [-0.2, -0.15) is 0 Å². The zero-order valence-corrected chi connectivity index (χ0v) is 12.6. The normalized spacial score (nSPS) is 24.9. The molecule has 0 aromatic rings. The Bertz CT molecular complexity index is 225. The number of hydrogen-bond donors (Lipinski definition) is 0. The molecule has 1 aliphatic heterocycles. The van der Waals surface area contributed by atoms with Crippen LogP contribution in [0.5, 0.6) is 0 Å². The van der Waals surface area contributed by atoms with Gasteiger partial charge in [0.1, 0.15) is 7.85 Å². The average molecular weight is 251 g/mol. The summed E-state index contributed by atoms with van der Waals surface area (Å²) in [6.07, 6.45) is 9.21. The molecule has 0 N–H and O–H groups in total. The maximum atomic E-state index is 5.93. The lowest BCUT2D eigenvalue weighted by Crippen LogP contribution is -2.54. The van der Waals surface area contributed by atoms with Gasteiger partial charge in [0.15, 0.2) is 0 Å². The molecule has 0 aromatic carbocycles. The molecular formula is C15H30BNO. The summed E-state index contributed by atoms with van der Waals surface area (Å²) in [5, 5.41) is 0. The van der Waals surface area contributed by atoms with Gasteiger partial charge in [-0.15, -0.1) is 0 Å². The Kier molecular flexibility index (Phi) is 7.32. The monoisotopic (exact) mass is 251 g/mol. The summed E-state index contributed by atoms with van der Waals surface area (Å²) < 4.78 is 5.46. The summed E-state index contributed by atoms with van der Waals surface area (Å²) in [6.45, 7) is 9.69. The van der Waals surface area contributed by atoms with Crippen molar-refractivity contribution in [2.24, 2.45) is 0 Å². The Hall–Kier alpha value is -0.0151. The third-order valence-corrected chi connectivity index (χ3v) is 4.21. The fourth-order valence-corrected chi connectivity index (χ4v) is 3.08. The lowest BCUT2D eigenvalue weighted by atomic mass is 9.85. The highest BCUT2D eigenvalue weighted by molar-refractivity contribution is 6.11. The zero-order valence-electron chi connectivity index (χ0n) is 12.6. The van der Waals surface area contributed by atoms with E-state index in [-0.39, 0.29) is 6.00 Å². The molecule has 0 aliphatic carbocycles. The van der Waals surface area contributed by atoms with Crippen LogP contribution in [0.2, 0.25) is 0 Å². The quantitative estimate of drug-likeness (QED) is 0.484. The fraction of sp³-hybridized carbons (Fsp3) is 1.00. The zero-order chi connectivity index (χ0) is 13.4. The summed E-state index contributed by atoms with van der Waals surface area (Å²) >= 11 is 0. The highest BCUT2D eigenvalue weighted by Crippen LogP contribution is 2.29. The standard InChI is InChI=1S/C15H30BNO/c1-4-6-7-8-10-15(3,9-5-2)17-11-12-18-14(16)13-17/h14H,4-13H2,1-3H3. The van der Waals surface area contributed by atoms with Crippen LogP contribution in [0.15, 0.2) is 0 Å². The van der Waals surface area contributed by atoms with Crippen molar-refractivity contribution >= 4 is 7.85 Å². The molecule has 2 radical (unpaired) electrons. The SMILES string of the molecule is [B]C1CN(C(C)(CCC)CCCCCC)CCO1. The number of morpholine rings is 1. The van der Waals surface area contributed by atoms with E-state index in [0.29, 0.717) is 5.54 Å². The van der Waals surface area contributed by atoms with Crippen LogP contribution in [-0.4, -0.2) is 44.0 Å². The van der Waals surface area contributed by atoms with Crippen LogP contribution in [-0.2, 0) is 4.74 Å². The first-order valence-electron chi connectivity index (χ1n) is 7.74. The molecule has 2 nitrogen and oxygen atoms in total. The number of nitrogens with zero attached hydrogens (tertiary/aromatic N) is 1. The van der Waals surface area contributed by atoms with Crippen molar-refractivity contribution in [2.45, 2.75) is 77.3 Å². The molecule has 0 bridgehead atoms. The second-order valence-electron chi connectivity index (χ2n) is 5.91. The summed E-state index contributed by atoms with van der Waals surface area (Å²) in [4.78, 5) is 2.57. The van der Waals surface area contributed by atoms with E-state index >= 15 is 0 Å². The van der Waals surface area contributed by atoms with Crippen molar-refractivity contribution in [1.82, 2.24) is 4.90 Å². The van der Waals surface area contributed by atoms with Gasteiger partial charge in [0.25, 0.3) is 0 Å². The lowest BCUT2D eigenvalue weighted by molar-refractivity contribution is -0.0404. The van der Waals surface area contributed by atoms with Crippen LogP contribution in [0.3, 0.4) is 0 Å². The molecule has 1 rings (SSSR count). The smallest absolute Gasteiger partial charge is 0.110 e. The van der Waals surface area contributed by atoms with Crippen LogP contribution >= 0.6 is 0 Å². The van der Waals surface area contributed by atoms with Crippen LogP contribution in [0.25, 0.3) is 0 Å². The molecule has 1 saturated heterocycles. The second kappa shape index (κ2) is 8.21. The molecule has 18 heavy (non-hydrogen) atoms. The van der Waals surface area contributed by atoms with E-state index in [9.17, 15) is 0 Å². The first kappa shape index (κ1) is 16.0. The molecule has 1 aliphatic rings. The first-order chi connectivity index (χ1) is 8.62. The minimum absolute atomic E-state index is 0.0921. The second-order valence-corrected chi connectivity index (χ2v) is 5.91. The van der Waals surface area contributed by atoms with Crippen LogP contribution < -0.4 is 0 Å². The Morgan fingerprint density at radius 2 is 1.94 bits per heavy atom. The highest BCUT2D eigenvalue weighted by Gasteiger charge is 2.33. The van der Waals surface area contributed by atoms with Crippen molar-refractivity contribution in [1.29, 1.82) is 0 Å².